The Morgan fingerprint density at radius 2 is 1.58 bits per heavy atom. The number of benzene rings is 3. The maximum Gasteiger partial charge on any atom is 0.261 e. The van der Waals surface area contributed by atoms with Gasteiger partial charge in [-0.3, -0.25) is 9.59 Å². The molecule has 0 radical (unpaired) electrons. The highest BCUT2D eigenvalue weighted by molar-refractivity contribution is 9.10. The molecule has 3 aromatic carbocycles. The minimum absolute atomic E-state index is 0.154. The summed E-state index contributed by atoms with van der Waals surface area (Å²) in [6.07, 6.45) is 1.24. The fourth-order valence-corrected chi connectivity index (χ4v) is 4.34. The van der Waals surface area contributed by atoms with E-state index in [4.69, 9.17) is 4.74 Å². The fourth-order valence-electron chi connectivity index (χ4n) is 4.11. The zero-order chi connectivity index (χ0) is 26.1. The monoisotopic (exact) mass is 550 g/mol. The third-order valence-electron chi connectivity index (χ3n) is 6.19. The molecule has 0 aliphatic carbocycles. The molecule has 3 aromatic rings. The van der Waals surface area contributed by atoms with E-state index in [2.05, 4.69) is 21.2 Å². The summed E-state index contributed by atoms with van der Waals surface area (Å²) in [5.74, 6) is 0.245. The summed E-state index contributed by atoms with van der Waals surface area (Å²) < 4.78 is 6.98. The Bertz CT molecular complexity index is 1160. The van der Waals surface area contributed by atoms with Crippen LogP contribution in [0.5, 0.6) is 5.75 Å². The molecule has 0 aliphatic rings. The summed E-state index contributed by atoms with van der Waals surface area (Å²) in [5, 5.41) is 3.00. The van der Waals surface area contributed by atoms with Gasteiger partial charge in [0.15, 0.2) is 6.61 Å². The number of aryl methyl sites for hydroxylation is 3. The van der Waals surface area contributed by atoms with E-state index in [1.165, 1.54) is 0 Å². The second kappa shape index (κ2) is 13.3. The van der Waals surface area contributed by atoms with Crippen molar-refractivity contribution in [1.29, 1.82) is 0 Å². The van der Waals surface area contributed by atoms with Gasteiger partial charge in [-0.25, -0.2) is 0 Å². The van der Waals surface area contributed by atoms with E-state index in [1.54, 1.807) is 4.90 Å². The molecule has 3 rings (SSSR count). The third kappa shape index (κ3) is 7.44. The van der Waals surface area contributed by atoms with Gasteiger partial charge in [0.25, 0.3) is 5.91 Å². The molecule has 0 aromatic heterocycles. The van der Waals surface area contributed by atoms with E-state index in [1.807, 2.05) is 94.4 Å². The van der Waals surface area contributed by atoms with Gasteiger partial charge in [0.1, 0.15) is 11.8 Å². The van der Waals surface area contributed by atoms with Crippen molar-refractivity contribution in [3.8, 4) is 5.75 Å². The number of ether oxygens (including phenoxy) is 1. The number of nitrogens with zero attached hydrogens (tertiary/aromatic N) is 1. The van der Waals surface area contributed by atoms with Crippen LogP contribution in [-0.2, 0) is 22.6 Å². The number of halogens is 1. The van der Waals surface area contributed by atoms with E-state index in [0.29, 0.717) is 25.3 Å². The molecule has 0 heterocycles. The zero-order valence-corrected chi connectivity index (χ0v) is 23.1. The molecule has 0 unspecified atom stereocenters. The quantitative estimate of drug-likeness (QED) is 0.322. The van der Waals surface area contributed by atoms with Gasteiger partial charge in [-0.15, -0.1) is 0 Å². The van der Waals surface area contributed by atoms with Gasteiger partial charge in [-0.05, 0) is 67.1 Å². The van der Waals surface area contributed by atoms with Crippen LogP contribution in [0.2, 0.25) is 0 Å². The van der Waals surface area contributed by atoms with Crippen LogP contribution in [0.25, 0.3) is 0 Å². The Kier molecular flexibility index (Phi) is 10.1. The van der Waals surface area contributed by atoms with Crippen molar-refractivity contribution in [3.05, 3.63) is 99.0 Å². The first-order chi connectivity index (χ1) is 17.3. The Labute approximate surface area is 223 Å². The molecule has 2 amide bonds. The summed E-state index contributed by atoms with van der Waals surface area (Å²) in [5.41, 5.74) is 5.15. The number of amides is 2. The number of rotatable bonds is 11. The van der Waals surface area contributed by atoms with Crippen molar-refractivity contribution in [2.45, 2.75) is 53.1 Å². The predicted octanol–water partition coefficient (Wildman–Crippen LogP) is 5.92. The van der Waals surface area contributed by atoms with Gasteiger partial charge in [0.2, 0.25) is 5.91 Å². The highest BCUT2D eigenvalue weighted by Gasteiger charge is 2.30. The summed E-state index contributed by atoms with van der Waals surface area (Å²) in [4.78, 5) is 28.7. The molecule has 190 valence electrons. The number of hydrogen-bond donors (Lipinski definition) is 1. The van der Waals surface area contributed by atoms with Crippen molar-refractivity contribution in [2.24, 2.45) is 0 Å². The lowest BCUT2D eigenvalue weighted by Crippen LogP contribution is -2.51. The van der Waals surface area contributed by atoms with E-state index < -0.39 is 6.04 Å². The topological polar surface area (TPSA) is 58.6 Å². The van der Waals surface area contributed by atoms with Gasteiger partial charge in [0, 0.05) is 24.0 Å². The van der Waals surface area contributed by atoms with Crippen molar-refractivity contribution in [1.82, 2.24) is 10.2 Å². The lowest BCUT2D eigenvalue weighted by Gasteiger charge is -2.32. The summed E-state index contributed by atoms with van der Waals surface area (Å²) in [6.45, 7) is 8.74. The molecule has 0 saturated carbocycles. The smallest absolute Gasteiger partial charge is 0.261 e. The van der Waals surface area contributed by atoms with E-state index in [9.17, 15) is 9.59 Å². The summed E-state index contributed by atoms with van der Waals surface area (Å²) in [6, 6.07) is 20.9. The van der Waals surface area contributed by atoms with Gasteiger partial charge >= 0.3 is 0 Å². The second-order valence-corrected chi connectivity index (χ2v) is 9.90. The Morgan fingerprint density at radius 1 is 0.944 bits per heavy atom. The molecule has 0 saturated heterocycles. The van der Waals surface area contributed by atoms with Crippen LogP contribution in [0.15, 0.2) is 71.2 Å². The highest BCUT2D eigenvalue weighted by Crippen LogP contribution is 2.26. The molecule has 1 N–H and O–H groups in total. The molecule has 0 aliphatic heterocycles. The third-order valence-corrected chi connectivity index (χ3v) is 7.45. The van der Waals surface area contributed by atoms with Crippen molar-refractivity contribution < 1.29 is 14.3 Å². The lowest BCUT2D eigenvalue weighted by atomic mass is 10.0. The molecule has 0 fully saturated rings. The number of carbonyl (C=O) groups is 2. The number of nitrogens with one attached hydrogen (secondary N) is 1. The Hall–Kier alpha value is -3.12. The van der Waals surface area contributed by atoms with Crippen molar-refractivity contribution in [3.63, 3.8) is 0 Å². The maximum atomic E-state index is 13.7. The maximum absolute atomic E-state index is 13.7. The zero-order valence-electron chi connectivity index (χ0n) is 21.5. The SMILES string of the molecule is CCCNC(=O)[C@@H](Cc1ccccc1)N(Cc1ccccc1C)C(=O)COc1cc(C)c(Br)c(C)c1. The van der Waals surface area contributed by atoms with Crippen LogP contribution in [-0.4, -0.2) is 35.9 Å². The Morgan fingerprint density at radius 3 is 2.22 bits per heavy atom. The largest absolute Gasteiger partial charge is 0.484 e. The van der Waals surface area contributed by atoms with E-state index in [-0.39, 0.29) is 18.4 Å². The molecule has 0 bridgehead atoms. The molecular weight excluding hydrogens is 516 g/mol. The van der Waals surface area contributed by atoms with Crippen molar-refractivity contribution >= 4 is 27.7 Å². The van der Waals surface area contributed by atoms with Gasteiger partial charge in [0.05, 0.1) is 0 Å². The van der Waals surface area contributed by atoms with Crippen LogP contribution >= 0.6 is 15.9 Å². The highest BCUT2D eigenvalue weighted by atomic mass is 79.9. The minimum Gasteiger partial charge on any atom is -0.484 e. The van der Waals surface area contributed by atoms with Crippen LogP contribution in [0, 0.1) is 20.8 Å². The average molecular weight is 552 g/mol. The molecule has 1 atom stereocenters. The number of carbonyl (C=O) groups excluding carboxylic acids is 2. The van der Waals surface area contributed by atoms with Crippen LogP contribution < -0.4 is 10.1 Å². The molecule has 36 heavy (non-hydrogen) atoms. The molecular formula is C30H35BrN2O3. The molecule has 6 heteroatoms. The molecule has 0 spiro atoms. The first kappa shape index (κ1) is 27.5. The second-order valence-electron chi connectivity index (χ2n) is 9.10. The van der Waals surface area contributed by atoms with E-state index in [0.717, 1.165) is 38.7 Å². The number of hydrogen-bond acceptors (Lipinski definition) is 3. The Balaban J connectivity index is 1.92. The predicted molar refractivity (Wildman–Crippen MR) is 148 cm³/mol. The average Bonchev–Trinajstić information content (AvgIpc) is 2.88. The van der Waals surface area contributed by atoms with Crippen molar-refractivity contribution in [2.75, 3.05) is 13.2 Å². The summed E-state index contributed by atoms with van der Waals surface area (Å²) >= 11 is 3.57. The normalized spacial score (nSPS) is 11.6. The van der Waals surface area contributed by atoms with Crippen LogP contribution in [0.3, 0.4) is 0 Å². The van der Waals surface area contributed by atoms with Crippen LogP contribution in [0.1, 0.15) is 41.2 Å². The first-order valence-electron chi connectivity index (χ1n) is 12.3. The standard InChI is InChI=1S/C30H35BrN2O3/c1-5-15-32-30(35)27(18-24-12-7-6-8-13-24)33(19-25-14-10-9-11-21(25)2)28(34)20-36-26-16-22(3)29(31)23(4)17-26/h6-14,16-17,27H,5,15,18-20H2,1-4H3,(H,32,35)/t27-/m1/s1. The summed E-state index contributed by atoms with van der Waals surface area (Å²) in [7, 11) is 0. The van der Waals surface area contributed by atoms with Gasteiger partial charge in [-0.1, -0.05) is 77.5 Å². The van der Waals surface area contributed by atoms with Crippen LogP contribution in [0.4, 0.5) is 0 Å². The fraction of sp³-hybridized carbons (Fsp3) is 0.333. The van der Waals surface area contributed by atoms with Gasteiger partial charge in [-0.2, -0.15) is 0 Å². The minimum atomic E-state index is -0.664. The first-order valence-corrected chi connectivity index (χ1v) is 13.1. The van der Waals surface area contributed by atoms with E-state index >= 15 is 0 Å². The molecule has 5 nitrogen and oxygen atoms in total. The lowest BCUT2D eigenvalue weighted by molar-refractivity contribution is -0.142. The van der Waals surface area contributed by atoms with Gasteiger partial charge < -0.3 is 15.0 Å².